The molecule has 0 bridgehead atoms. The summed E-state index contributed by atoms with van der Waals surface area (Å²) in [6.45, 7) is 0. The number of aromatic nitrogens is 2. The zero-order chi connectivity index (χ0) is 13.8. The Morgan fingerprint density at radius 3 is 2.75 bits per heavy atom. The monoisotopic (exact) mass is 270 g/mol. The molecular formula is C16H18N2O2. The Hall–Kier alpha value is -2.10. The van der Waals surface area contributed by atoms with Gasteiger partial charge >= 0.3 is 5.97 Å². The topological polar surface area (TPSA) is 44.1 Å². The number of imidazole rings is 1. The first-order valence-corrected chi connectivity index (χ1v) is 7.08. The third kappa shape index (κ3) is 2.74. The number of rotatable bonds is 3. The van der Waals surface area contributed by atoms with Crippen LogP contribution in [0.4, 0.5) is 0 Å². The molecule has 1 saturated carbocycles. The summed E-state index contributed by atoms with van der Waals surface area (Å²) >= 11 is 0. The number of hydrogen-bond donors (Lipinski definition) is 0. The molecular weight excluding hydrogens is 252 g/mol. The second kappa shape index (κ2) is 5.90. The zero-order valence-electron chi connectivity index (χ0n) is 11.3. The van der Waals surface area contributed by atoms with Gasteiger partial charge in [-0.2, -0.15) is 0 Å². The molecule has 2 atom stereocenters. The molecule has 0 radical (unpaired) electrons. The fourth-order valence-electron chi connectivity index (χ4n) is 2.80. The number of benzene rings is 1. The van der Waals surface area contributed by atoms with E-state index in [1.807, 2.05) is 24.4 Å². The standard InChI is InChI=1S/C16H18N2O2/c19-16(13-6-2-1-3-7-13)20-15-9-5-4-8-14(15)18-11-10-17-12-18/h1-3,6-7,10-12,14-15H,4-5,8-9H2. The molecule has 2 unspecified atom stereocenters. The lowest BCUT2D eigenvalue weighted by Gasteiger charge is -2.31. The number of ether oxygens (including phenoxy) is 1. The average molecular weight is 270 g/mol. The van der Waals surface area contributed by atoms with Crippen LogP contribution in [0.2, 0.25) is 0 Å². The van der Waals surface area contributed by atoms with Gasteiger partial charge in [-0.3, -0.25) is 0 Å². The molecule has 2 aromatic rings. The molecule has 1 aromatic heterocycles. The predicted molar refractivity (Wildman–Crippen MR) is 75.4 cm³/mol. The van der Waals surface area contributed by atoms with Crippen molar-refractivity contribution in [2.45, 2.75) is 37.8 Å². The maximum absolute atomic E-state index is 12.2. The van der Waals surface area contributed by atoms with Gasteiger partial charge in [0.2, 0.25) is 0 Å². The molecule has 1 fully saturated rings. The molecule has 4 heteroatoms. The highest BCUT2D eigenvalue weighted by molar-refractivity contribution is 5.89. The van der Waals surface area contributed by atoms with Gasteiger partial charge in [0.05, 0.1) is 17.9 Å². The van der Waals surface area contributed by atoms with Crippen LogP contribution in [0.5, 0.6) is 0 Å². The van der Waals surface area contributed by atoms with E-state index in [-0.39, 0.29) is 18.1 Å². The number of nitrogens with zero attached hydrogens (tertiary/aromatic N) is 2. The van der Waals surface area contributed by atoms with Crippen LogP contribution in [0, 0.1) is 0 Å². The van der Waals surface area contributed by atoms with Crippen molar-refractivity contribution in [3.8, 4) is 0 Å². The molecule has 0 amide bonds. The minimum atomic E-state index is -0.234. The SMILES string of the molecule is O=C(OC1CCCCC1n1ccnc1)c1ccccc1. The molecule has 20 heavy (non-hydrogen) atoms. The Morgan fingerprint density at radius 2 is 2.00 bits per heavy atom. The van der Waals surface area contributed by atoms with Gasteiger partial charge in [-0.25, -0.2) is 9.78 Å². The van der Waals surface area contributed by atoms with E-state index in [2.05, 4.69) is 9.55 Å². The summed E-state index contributed by atoms with van der Waals surface area (Å²) in [6.07, 6.45) is 9.68. The van der Waals surface area contributed by atoms with Crippen molar-refractivity contribution in [1.82, 2.24) is 9.55 Å². The average Bonchev–Trinajstić information content (AvgIpc) is 3.03. The Morgan fingerprint density at radius 1 is 1.20 bits per heavy atom. The lowest BCUT2D eigenvalue weighted by molar-refractivity contribution is 0.00412. The lowest BCUT2D eigenvalue weighted by Crippen LogP contribution is -2.31. The van der Waals surface area contributed by atoms with E-state index in [1.54, 1.807) is 24.7 Å². The smallest absolute Gasteiger partial charge is 0.338 e. The summed E-state index contributed by atoms with van der Waals surface area (Å²) in [4.78, 5) is 16.3. The highest BCUT2D eigenvalue weighted by Gasteiger charge is 2.29. The summed E-state index contributed by atoms with van der Waals surface area (Å²) in [6, 6.07) is 9.38. The summed E-state index contributed by atoms with van der Waals surface area (Å²) in [5, 5.41) is 0. The predicted octanol–water partition coefficient (Wildman–Crippen LogP) is 3.22. The van der Waals surface area contributed by atoms with E-state index < -0.39 is 0 Å². The summed E-state index contributed by atoms with van der Waals surface area (Å²) < 4.78 is 7.78. The van der Waals surface area contributed by atoms with Crippen molar-refractivity contribution in [3.63, 3.8) is 0 Å². The highest BCUT2D eigenvalue weighted by atomic mass is 16.5. The van der Waals surface area contributed by atoms with E-state index in [0.717, 1.165) is 19.3 Å². The fourth-order valence-corrected chi connectivity index (χ4v) is 2.80. The first-order valence-electron chi connectivity index (χ1n) is 7.08. The third-order valence-corrected chi connectivity index (χ3v) is 3.84. The van der Waals surface area contributed by atoms with Crippen molar-refractivity contribution in [2.75, 3.05) is 0 Å². The Balaban J connectivity index is 1.73. The van der Waals surface area contributed by atoms with Crippen molar-refractivity contribution >= 4 is 5.97 Å². The van der Waals surface area contributed by atoms with Gasteiger partial charge in [0, 0.05) is 12.4 Å². The second-order valence-electron chi connectivity index (χ2n) is 5.17. The third-order valence-electron chi connectivity index (χ3n) is 3.84. The van der Waals surface area contributed by atoms with Crippen LogP contribution in [0.3, 0.4) is 0 Å². The van der Waals surface area contributed by atoms with E-state index >= 15 is 0 Å². The Bertz CT molecular complexity index is 551. The number of hydrogen-bond acceptors (Lipinski definition) is 3. The molecule has 3 rings (SSSR count). The Labute approximate surface area is 118 Å². The molecule has 1 aromatic carbocycles. The summed E-state index contributed by atoms with van der Waals surface area (Å²) in [7, 11) is 0. The maximum Gasteiger partial charge on any atom is 0.338 e. The summed E-state index contributed by atoms with van der Waals surface area (Å²) in [5.41, 5.74) is 0.613. The second-order valence-corrected chi connectivity index (χ2v) is 5.17. The minimum Gasteiger partial charge on any atom is -0.457 e. The Kier molecular flexibility index (Phi) is 3.81. The molecule has 0 N–H and O–H groups in total. The molecule has 0 spiro atoms. The van der Waals surface area contributed by atoms with E-state index in [1.165, 1.54) is 6.42 Å². The van der Waals surface area contributed by atoms with Gasteiger partial charge in [0.25, 0.3) is 0 Å². The van der Waals surface area contributed by atoms with Crippen LogP contribution >= 0.6 is 0 Å². The van der Waals surface area contributed by atoms with Crippen LogP contribution in [-0.2, 0) is 4.74 Å². The van der Waals surface area contributed by atoms with Crippen LogP contribution in [0.15, 0.2) is 49.1 Å². The quantitative estimate of drug-likeness (QED) is 0.804. The van der Waals surface area contributed by atoms with Gasteiger partial charge < -0.3 is 9.30 Å². The van der Waals surface area contributed by atoms with Crippen molar-refractivity contribution in [2.24, 2.45) is 0 Å². The van der Waals surface area contributed by atoms with Gasteiger partial charge in [0.1, 0.15) is 6.10 Å². The van der Waals surface area contributed by atoms with E-state index in [0.29, 0.717) is 5.56 Å². The van der Waals surface area contributed by atoms with Crippen LogP contribution < -0.4 is 0 Å². The van der Waals surface area contributed by atoms with Gasteiger partial charge in [-0.05, 0) is 31.4 Å². The van der Waals surface area contributed by atoms with E-state index in [4.69, 9.17) is 4.74 Å². The van der Waals surface area contributed by atoms with Crippen molar-refractivity contribution in [1.29, 1.82) is 0 Å². The number of esters is 1. The van der Waals surface area contributed by atoms with Crippen molar-refractivity contribution in [3.05, 3.63) is 54.6 Å². The zero-order valence-corrected chi connectivity index (χ0v) is 11.3. The first kappa shape index (κ1) is 12.9. The molecule has 4 nitrogen and oxygen atoms in total. The molecule has 104 valence electrons. The van der Waals surface area contributed by atoms with Gasteiger partial charge in [-0.15, -0.1) is 0 Å². The van der Waals surface area contributed by atoms with Crippen LogP contribution in [0.1, 0.15) is 42.1 Å². The van der Waals surface area contributed by atoms with Gasteiger partial charge in [-0.1, -0.05) is 24.6 Å². The molecule has 0 saturated heterocycles. The minimum absolute atomic E-state index is 0.0642. The molecule has 1 aliphatic carbocycles. The molecule has 1 aliphatic rings. The van der Waals surface area contributed by atoms with E-state index in [9.17, 15) is 4.79 Å². The highest BCUT2D eigenvalue weighted by Crippen LogP contribution is 2.31. The van der Waals surface area contributed by atoms with Crippen molar-refractivity contribution < 1.29 is 9.53 Å². The fraction of sp³-hybridized carbons (Fsp3) is 0.375. The van der Waals surface area contributed by atoms with Gasteiger partial charge in [0.15, 0.2) is 0 Å². The normalized spacial score (nSPS) is 22.4. The lowest BCUT2D eigenvalue weighted by atomic mass is 9.92. The number of carbonyl (C=O) groups excluding carboxylic acids is 1. The molecule has 1 heterocycles. The summed E-state index contributed by atoms with van der Waals surface area (Å²) in [5.74, 6) is -0.234. The largest absolute Gasteiger partial charge is 0.457 e. The van der Waals surface area contributed by atoms with Crippen LogP contribution in [-0.4, -0.2) is 21.6 Å². The molecule has 0 aliphatic heterocycles. The van der Waals surface area contributed by atoms with Crippen LogP contribution in [0.25, 0.3) is 0 Å². The maximum atomic E-state index is 12.2. The first-order chi connectivity index (χ1) is 9.84. The number of carbonyl (C=O) groups is 1.